The Bertz CT molecular complexity index is 648. The zero-order valence-corrected chi connectivity index (χ0v) is 9.46. The molecule has 0 aliphatic carbocycles. The molecule has 1 aliphatic rings. The van der Waals surface area contributed by atoms with E-state index in [0.29, 0.717) is 24.2 Å². The van der Waals surface area contributed by atoms with Crippen molar-refractivity contribution in [1.82, 2.24) is 19.9 Å². The zero-order chi connectivity index (χ0) is 12.7. The number of nitrogens with zero attached hydrogens (tertiary/aromatic N) is 3. The van der Waals surface area contributed by atoms with Crippen molar-refractivity contribution in [3.63, 3.8) is 0 Å². The molecule has 18 heavy (non-hydrogen) atoms. The van der Waals surface area contributed by atoms with E-state index in [1.807, 2.05) is 0 Å². The molecular formula is C11H11N5O2. The summed E-state index contributed by atoms with van der Waals surface area (Å²) < 4.78 is 1.54. The lowest BCUT2D eigenvalue weighted by atomic mass is 9.92. The van der Waals surface area contributed by atoms with E-state index in [4.69, 9.17) is 5.73 Å². The van der Waals surface area contributed by atoms with Crippen LogP contribution in [-0.2, 0) is 9.59 Å². The monoisotopic (exact) mass is 245 g/mol. The van der Waals surface area contributed by atoms with E-state index in [1.165, 1.54) is 10.7 Å². The lowest BCUT2D eigenvalue weighted by molar-refractivity contribution is -0.134. The molecule has 2 aromatic rings. The molecule has 2 aromatic heterocycles. The molecule has 3 N–H and O–H groups in total. The van der Waals surface area contributed by atoms with Gasteiger partial charge < -0.3 is 5.73 Å². The fourth-order valence-corrected chi connectivity index (χ4v) is 2.14. The number of aromatic nitrogens is 3. The van der Waals surface area contributed by atoms with Crippen molar-refractivity contribution in [2.75, 3.05) is 5.73 Å². The molecule has 92 valence electrons. The van der Waals surface area contributed by atoms with Gasteiger partial charge in [0.25, 0.3) is 0 Å². The summed E-state index contributed by atoms with van der Waals surface area (Å²) in [5.41, 5.74) is 7.43. The lowest BCUT2D eigenvalue weighted by Crippen LogP contribution is -2.39. The number of imide groups is 1. The van der Waals surface area contributed by atoms with Crippen LogP contribution < -0.4 is 11.1 Å². The summed E-state index contributed by atoms with van der Waals surface area (Å²) in [6, 6.07) is 0. The topological polar surface area (TPSA) is 102 Å². The number of carbonyl (C=O) groups is 2. The summed E-state index contributed by atoms with van der Waals surface area (Å²) in [6.45, 7) is 0. The van der Waals surface area contributed by atoms with E-state index in [1.54, 1.807) is 12.4 Å². The highest BCUT2D eigenvalue weighted by atomic mass is 16.2. The van der Waals surface area contributed by atoms with Crippen LogP contribution in [0.25, 0.3) is 5.65 Å². The highest BCUT2D eigenvalue weighted by Gasteiger charge is 2.30. The van der Waals surface area contributed by atoms with Crippen molar-refractivity contribution in [3.8, 4) is 0 Å². The molecule has 0 radical (unpaired) electrons. The number of fused-ring (bicyclic) bond motifs is 1. The smallest absolute Gasteiger partial charge is 0.234 e. The van der Waals surface area contributed by atoms with Gasteiger partial charge >= 0.3 is 0 Å². The number of hydrogen-bond donors (Lipinski definition) is 2. The minimum atomic E-state index is -0.378. The minimum Gasteiger partial charge on any atom is -0.396 e. The predicted molar refractivity (Wildman–Crippen MR) is 62.5 cm³/mol. The SMILES string of the molecule is Nc1cnc2c(C3CCC(=O)NC3=O)cnn2c1. The van der Waals surface area contributed by atoms with Crippen LogP contribution in [0.4, 0.5) is 5.69 Å². The first-order valence-electron chi connectivity index (χ1n) is 5.57. The second-order valence-corrected chi connectivity index (χ2v) is 4.26. The molecule has 0 aromatic carbocycles. The van der Waals surface area contributed by atoms with Gasteiger partial charge in [0.2, 0.25) is 11.8 Å². The standard InChI is InChI=1S/C11H11N5O2/c12-6-3-13-10-8(4-14-16(10)5-6)7-1-2-9(17)15-11(7)18/h3-5,7H,1-2,12H2,(H,15,17,18). The van der Waals surface area contributed by atoms with Gasteiger partial charge in [-0.2, -0.15) is 5.10 Å². The normalized spacial score (nSPS) is 20.1. The molecule has 1 saturated heterocycles. The van der Waals surface area contributed by atoms with Gasteiger partial charge in [-0.25, -0.2) is 9.50 Å². The van der Waals surface area contributed by atoms with E-state index in [0.717, 1.165) is 5.56 Å². The minimum absolute atomic E-state index is 0.232. The summed E-state index contributed by atoms with van der Waals surface area (Å²) in [4.78, 5) is 27.1. The molecule has 1 fully saturated rings. The number of nitrogens with one attached hydrogen (secondary N) is 1. The van der Waals surface area contributed by atoms with Crippen LogP contribution >= 0.6 is 0 Å². The average Bonchev–Trinajstić information content (AvgIpc) is 2.72. The van der Waals surface area contributed by atoms with Crippen molar-refractivity contribution in [2.45, 2.75) is 18.8 Å². The molecular weight excluding hydrogens is 234 g/mol. The molecule has 7 nitrogen and oxygen atoms in total. The van der Waals surface area contributed by atoms with Crippen molar-refractivity contribution < 1.29 is 9.59 Å². The largest absolute Gasteiger partial charge is 0.396 e. The molecule has 1 atom stereocenters. The predicted octanol–water partition coefficient (Wildman–Crippen LogP) is -0.168. The Balaban J connectivity index is 2.04. The maximum absolute atomic E-state index is 11.8. The third kappa shape index (κ3) is 1.60. The molecule has 3 heterocycles. The molecule has 3 rings (SSSR count). The Labute approximate surface area is 102 Å². The number of anilines is 1. The summed E-state index contributed by atoms with van der Waals surface area (Å²) in [7, 11) is 0. The third-order valence-electron chi connectivity index (χ3n) is 3.02. The first kappa shape index (κ1) is 10.7. The van der Waals surface area contributed by atoms with Crippen LogP contribution in [0.2, 0.25) is 0 Å². The number of carbonyl (C=O) groups excluding carboxylic acids is 2. The van der Waals surface area contributed by atoms with Crippen molar-refractivity contribution in [3.05, 3.63) is 24.2 Å². The Morgan fingerprint density at radius 1 is 1.39 bits per heavy atom. The van der Waals surface area contributed by atoms with Crippen LogP contribution in [0.15, 0.2) is 18.6 Å². The number of hydrogen-bond acceptors (Lipinski definition) is 5. The molecule has 0 spiro atoms. The molecule has 1 unspecified atom stereocenters. The Kier molecular flexibility index (Phi) is 2.26. The summed E-state index contributed by atoms with van der Waals surface area (Å²) in [6.07, 6.45) is 5.58. The Hall–Kier alpha value is -2.44. The fourth-order valence-electron chi connectivity index (χ4n) is 2.14. The quantitative estimate of drug-likeness (QED) is 0.679. The number of amides is 2. The van der Waals surface area contributed by atoms with E-state index in [9.17, 15) is 9.59 Å². The molecule has 7 heteroatoms. The highest BCUT2D eigenvalue weighted by molar-refractivity contribution is 6.01. The zero-order valence-electron chi connectivity index (χ0n) is 9.46. The second kappa shape index (κ2) is 3.80. The number of piperidine rings is 1. The van der Waals surface area contributed by atoms with Gasteiger partial charge in [0.05, 0.1) is 30.2 Å². The van der Waals surface area contributed by atoms with E-state index in [2.05, 4.69) is 15.4 Å². The van der Waals surface area contributed by atoms with E-state index < -0.39 is 0 Å². The van der Waals surface area contributed by atoms with Crippen LogP contribution in [-0.4, -0.2) is 26.4 Å². The molecule has 2 amide bonds. The summed E-state index contributed by atoms with van der Waals surface area (Å²) >= 11 is 0. The molecule has 0 saturated carbocycles. The highest BCUT2D eigenvalue weighted by Crippen LogP contribution is 2.27. The van der Waals surface area contributed by atoms with Gasteiger partial charge in [-0.05, 0) is 6.42 Å². The Morgan fingerprint density at radius 3 is 3.00 bits per heavy atom. The number of rotatable bonds is 1. The lowest BCUT2D eigenvalue weighted by Gasteiger charge is -2.19. The van der Waals surface area contributed by atoms with Crippen LogP contribution in [0.1, 0.15) is 24.3 Å². The van der Waals surface area contributed by atoms with Gasteiger partial charge in [-0.3, -0.25) is 14.9 Å². The maximum atomic E-state index is 11.8. The van der Waals surface area contributed by atoms with Gasteiger partial charge in [0.15, 0.2) is 5.65 Å². The fraction of sp³-hybridized carbons (Fsp3) is 0.273. The van der Waals surface area contributed by atoms with Gasteiger partial charge in [-0.15, -0.1) is 0 Å². The average molecular weight is 245 g/mol. The van der Waals surface area contributed by atoms with Crippen molar-refractivity contribution >= 4 is 23.1 Å². The van der Waals surface area contributed by atoms with Crippen LogP contribution in [0, 0.1) is 0 Å². The summed E-state index contributed by atoms with van der Waals surface area (Å²) in [5.74, 6) is -0.902. The Morgan fingerprint density at radius 2 is 2.22 bits per heavy atom. The number of nitrogen functional groups attached to an aromatic ring is 1. The second-order valence-electron chi connectivity index (χ2n) is 4.26. The van der Waals surface area contributed by atoms with Gasteiger partial charge in [0.1, 0.15) is 0 Å². The first-order chi connectivity index (χ1) is 8.65. The van der Waals surface area contributed by atoms with Crippen molar-refractivity contribution in [2.24, 2.45) is 0 Å². The molecule has 0 bridgehead atoms. The molecule has 1 aliphatic heterocycles. The van der Waals surface area contributed by atoms with E-state index in [-0.39, 0.29) is 17.7 Å². The van der Waals surface area contributed by atoms with Crippen molar-refractivity contribution in [1.29, 1.82) is 0 Å². The maximum Gasteiger partial charge on any atom is 0.234 e. The van der Waals surface area contributed by atoms with E-state index >= 15 is 0 Å². The van der Waals surface area contributed by atoms with Crippen LogP contribution in [0.5, 0.6) is 0 Å². The first-order valence-corrected chi connectivity index (χ1v) is 5.57. The third-order valence-corrected chi connectivity index (χ3v) is 3.02. The number of nitrogens with two attached hydrogens (primary N) is 1. The van der Waals surface area contributed by atoms with Gasteiger partial charge in [0, 0.05) is 12.0 Å². The summed E-state index contributed by atoms with van der Waals surface area (Å²) in [5, 5.41) is 6.44. The van der Waals surface area contributed by atoms with Gasteiger partial charge in [-0.1, -0.05) is 0 Å². The van der Waals surface area contributed by atoms with Crippen LogP contribution in [0.3, 0.4) is 0 Å².